The third-order valence-electron chi connectivity index (χ3n) is 2.99. The van der Waals surface area contributed by atoms with E-state index < -0.39 is 9.96 Å². The molecule has 0 bridgehead atoms. The fourth-order valence-electron chi connectivity index (χ4n) is 1.90. The van der Waals surface area contributed by atoms with E-state index in [1.165, 1.54) is 0 Å². The average Bonchev–Trinajstić information content (AvgIpc) is 2.37. The summed E-state index contributed by atoms with van der Waals surface area (Å²) >= 11 is 23.1. The molecule has 0 aliphatic rings. The highest BCUT2D eigenvalue weighted by atomic mass is 35.6. The van der Waals surface area contributed by atoms with Crippen LogP contribution in [-0.2, 0) is 4.79 Å². The second-order valence-electron chi connectivity index (χ2n) is 6.69. The molecule has 134 valence electrons. The van der Waals surface area contributed by atoms with Gasteiger partial charge in [-0.3, -0.25) is 4.79 Å². The summed E-state index contributed by atoms with van der Waals surface area (Å²) in [6.45, 7) is 7.81. The summed E-state index contributed by atoms with van der Waals surface area (Å²) in [5, 5.41) is 8.79. The van der Waals surface area contributed by atoms with Crippen LogP contribution < -0.4 is 16.0 Å². The molecule has 0 heterocycles. The SMILES string of the molecule is Cc1ccccc1NC(=S)N[C@@H](NC(=O)CC(C)(C)C)C(Cl)(Cl)Cl. The molecule has 8 heteroatoms. The van der Waals surface area contributed by atoms with E-state index in [1.54, 1.807) is 0 Å². The Kier molecular flexibility index (Phi) is 7.60. The van der Waals surface area contributed by atoms with Gasteiger partial charge in [0.1, 0.15) is 6.17 Å². The summed E-state index contributed by atoms with van der Waals surface area (Å²) in [6.07, 6.45) is -0.662. The minimum atomic E-state index is -1.76. The van der Waals surface area contributed by atoms with Crippen LogP contribution in [0.25, 0.3) is 0 Å². The first kappa shape index (κ1) is 21.3. The summed E-state index contributed by atoms with van der Waals surface area (Å²) in [7, 11) is 0. The van der Waals surface area contributed by atoms with Gasteiger partial charge in [-0.25, -0.2) is 0 Å². The topological polar surface area (TPSA) is 53.2 Å². The molecule has 1 aromatic rings. The van der Waals surface area contributed by atoms with Crippen LogP contribution in [0.4, 0.5) is 5.69 Å². The number of nitrogens with one attached hydrogen (secondary N) is 3. The van der Waals surface area contributed by atoms with E-state index in [9.17, 15) is 4.79 Å². The zero-order valence-electron chi connectivity index (χ0n) is 14.0. The molecular weight excluding hydrogens is 389 g/mol. The van der Waals surface area contributed by atoms with Crippen molar-refractivity contribution in [3.8, 4) is 0 Å². The number of hydrogen-bond donors (Lipinski definition) is 3. The maximum Gasteiger partial charge on any atom is 0.228 e. The number of anilines is 1. The Morgan fingerprint density at radius 1 is 1.17 bits per heavy atom. The Hall–Kier alpha value is -0.750. The molecule has 1 atom stereocenters. The van der Waals surface area contributed by atoms with Crippen molar-refractivity contribution in [3.63, 3.8) is 0 Å². The number of hydrogen-bond acceptors (Lipinski definition) is 2. The van der Waals surface area contributed by atoms with Crippen molar-refractivity contribution in [2.75, 3.05) is 5.32 Å². The van der Waals surface area contributed by atoms with Crippen molar-refractivity contribution < 1.29 is 4.79 Å². The normalized spacial score (nSPS) is 13.1. The zero-order chi connectivity index (χ0) is 18.5. The van der Waals surface area contributed by atoms with Crippen molar-refractivity contribution in [2.24, 2.45) is 5.41 Å². The molecule has 0 unspecified atom stereocenters. The first-order valence-electron chi connectivity index (χ1n) is 7.38. The second-order valence-corrected chi connectivity index (χ2v) is 9.47. The fourth-order valence-corrected chi connectivity index (χ4v) is 2.45. The molecule has 24 heavy (non-hydrogen) atoms. The van der Waals surface area contributed by atoms with Crippen LogP contribution >= 0.6 is 47.0 Å². The van der Waals surface area contributed by atoms with Gasteiger partial charge < -0.3 is 16.0 Å². The second kappa shape index (κ2) is 8.56. The smallest absolute Gasteiger partial charge is 0.228 e. The Labute approximate surface area is 163 Å². The minimum absolute atomic E-state index is 0.178. The van der Waals surface area contributed by atoms with Crippen molar-refractivity contribution >= 4 is 63.7 Å². The van der Waals surface area contributed by atoms with Crippen molar-refractivity contribution in [1.82, 2.24) is 10.6 Å². The van der Waals surface area contributed by atoms with E-state index in [0.717, 1.165) is 11.3 Å². The number of carbonyl (C=O) groups is 1. The number of benzene rings is 1. The van der Waals surface area contributed by atoms with Gasteiger partial charge in [0.15, 0.2) is 5.11 Å². The molecule has 0 aromatic heterocycles. The first-order chi connectivity index (χ1) is 10.9. The molecule has 0 fully saturated rings. The highest BCUT2D eigenvalue weighted by Gasteiger charge is 2.35. The monoisotopic (exact) mass is 409 g/mol. The van der Waals surface area contributed by atoms with Gasteiger partial charge in [0.05, 0.1) is 0 Å². The van der Waals surface area contributed by atoms with Crippen LogP contribution in [0.5, 0.6) is 0 Å². The van der Waals surface area contributed by atoms with E-state index in [-0.39, 0.29) is 16.4 Å². The minimum Gasteiger partial charge on any atom is -0.339 e. The number of alkyl halides is 3. The maximum atomic E-state index is 12.1. The van der Waals surface area contributed by atoms with Gasteiger partial charge in [-0.05, 0) is 36.2 Å². The molecule has 1 rings (SSSR count). The van der Waals surface area contributed by atoms with E-state index >= 15 is 0 Å². The Morgan fingerprint density at radius 2 is 1.75 bits per heavy atom. The maximum absolute atomic E-state index is 12.1. The summed E-state index contributed by atoms with van der Waals surface area (Å²) in [6, 6.07) is 7.64. The average molecular weight is 411 g/mol. The van der Waals surface area contributed by atoms with Crippen LogP contribution in [0.1, 0.15) is 32.8 Å². The zero-order valence-corrected chi connectivity index (χ0v) is 17.1. The van der Waals surface area contributed by atoms with Gasteiger partial charge in [0.2, 0.25) is 9.70 Å². The van der Waals surface area contributed by atoms with E-state index in [0.29, 0.717) is 6.42 Å². The third-order valence-corrected chi connectivity index (χ3v) is 3.87. The number of thiocarbonyl (C=S) groups is 1. The van der Waals surface area contributed by atoms with Crippen LogP contribution in [0.3, 0.4) is 0 Å². The van der Waals surface area contributed by atoms with E-state index in [4.69, 9.17) is 47.0 Å². The van der Waals surface area contributed by atoms with Gasteiger partial charge in [-0.15, -0.1) is 0 Å². The van der Waals surface area contributed by atoms with Gasteiger partial charge in [-0.1, -0.05) is 73.8 Å². The molecule has 1 amide bonds. The van der Waals surface area contributed by atoms with Crippen LogP contribution in [0.15, 0.2) is 24.3 Å². The molecule has 0 aliphatic carbocycles. The van der Waals surface area contributed by atoms with Gasteiger partial charge in [-0.2, -0.15) is 0 Å². The number of halogens is 3. The van der Waals surface area contributed by atoms with Gasteiger partial charge in [0, 0.05) is 12.1 Å². The van der Waals surface area contributed by atoms with Gasteiger partial charge in [0.25, 0.3) is 0 Å². The summed E-state index contributed by atoms with van der Waals surface area (Å²) in [5.41, 5.74) is 1.67. The molecule has 0 aliphatic heterocycles. The fraction of sp³-hybridized carbons (Fsp3) is 0.500. The molecule has 3 N–H and O–H groups in total. The van der Waals surface area contributed by atoms with Gasteiger partial charge >= 0.3 is 0 Å². The molecule has 0 radical (unpaired) electrons. The lowest BCUT2D eigenvalue weighted by Gasteiger charge is -2.29. The lowest BCUT2D eigenvalue weighted by Crippen LogP contribution is -2.56. The molecule has 1 aromatic carbocycles. The number of rotatable bonds is 4. The number of aryl methyl sites for hydroxylation is 1. The largest absolute Gasteiger partial charge is 0.339 e. The van der Waals surface area contributed by atoms with Crippen LogP contribution in [0, 0.1) is 12.3 Å². The summed E-state index contributed by atoms with van der Waals surface area (Å²) < 4.78 is -1.76. The number of para-hydroxylation sites is 1. The summed E-state index contributed by atoms with van der Waals surface area (Å²) in [4.78, 5) is 12.1. The van der Waals surface area contributed by atoms with Crippen LogP contribution in [-0.4, -0.2) is 21.0 Å². The van der Waals surface area contributed by atoms with E-state index in [1.807, 2.05) is 52.0 Å². The van der Waals surface area contributed by atoms with Crippen molar-refractivity contribution in [3.05, 3.63) is 29.8 Å². The standard InChI is InChI=1S/C16H22Cl3N3OS/c1-10-7-5-6-8-11(10)20-14(24)22-13(16(17,18)19)21-12(23)9-15(2,3)4/h5-8,13H,9H2,1-4H3,(H,21,23)(H2,20,22,24)/t13-/m1/s1. The Balaban J connectivity index is 2.74. The van der Waals surface area contributed by atoms with Crippen molar-refractivity contribution in [2.45, 2.75) is 44.1 Å². The predicted molar refractivity (Wildman–Crippen MR) is 107 cm³/mol. The predicted octanol–water partition coefficient (Wildman–Crippen LogP) is 4.53. The highest BCUT2D eigenvalue weighted by molar-refractivity contribution is 7.80. The van der Waals surface area contributed by atoms with E-state index in [2.05, 4.69) is 16.0 Å². The summed E-state index contributed by atoms with van der Waals surface area (Å²) in [5.74, 6) is -0.231. The molecular formula is C16H22Cl3N3OS. The molecule has 0 saturated heterocycles. The Bertz CT molecular complexity index is 597. The highest BCUT2D eigenvalue weighted by Crippen LogP contribution is 2.29. The van der Waals surface area contributed by atoms with Crippen LogP contribution in [0.2, 0.25) is 0 Å². The lowest BCUT2D eigenvalue weighted by atomic mass is 9.92. The molecule has 0 spiro atoms. The number of carbonyl (C=O) groups excluding carboxylic acids is 1. The lowest BCUT2D eigenvalue weighted by molar-refractivity contribution is -0.123. The molecule has 4 nitrogen and oxygen atoms in total. The third kappa shape index (κ3) is 7.88. The quantitative estimate of drug-likeness (QED) is 0.388. The molecule has 0 saturated carbocycles. The number of amides is 1. The first-order valence-corrected chi connectivity index (χ1v) is 8.92. The Morgan fingerprint density at radius 3 is 2.25 bits per heavy atom. The van der Waals surface area contributed by atoms with Crippen molar-refractivity contribution in [1.29, 1.82) is 0 Å².